The fourth-order valence-electron chi connectivity index (χ4n) is 5.19. The number of nitrogens with zero attached hydrogens (tertiary/aromatic N) is 3. The third kappa shape index (κ3) is 4.09. The molecule has 1 aromatic heterocycles. The van der Waals surface area contributed by atoms with Crippen molar-refractivity contribution in [2.75, 3.05) is 25.5 Å². The lowest BCUT2D eigenvalue weighted by Crippen LogP contribution is -2.49. The molecule has 2 fully saturated rings. The monoisotopic (exact) mass is 462 g/mol. The highest BCUT2D eigenvalue weighted by Crippen LogP contribution is 2.43. The Morgan fingerprint density at radius 3 is 2.55 bits per heavy atom. The number of nitrogen functional groups attached to an aromatic ring is 1. The van der Waals surface area contributed by atoms with Gasteiger partial charge in [-0.2, -0.15) is 0 Å². The molecule has 2 aliphatic heterocycles. The van der Waals surface area contributed by atoms with E-state index in [1.54, 1.807) is 6.20 Å². The number of hydrogen-bond acceptors (Lipinski definition) is 5. The van der Waals surface area contributed by atoms with Crippen LogP contribution in [-0.4, -0.2) is 40.5 Å². The Hall–Kier alpha value is -2.96. The zero-order chi connectivity index (χ0) is 22.8. The molecule has 2 aromatic carbocycles. The van der Waals surface area contributed by atoms with E-state index in [-0.39, 0.29) is 17.9 Å². The van der Waals surface area contributed by atoms with Crippen LogP contribution in [0.25, 0.3) is 11.1 Å². The van der Waals surface area contributed by atoms with Crippen LogP contribution < -0.4 is 5.73 Å². The Morgan fingerprint density at radius 2 is 1.82 bits per heavy atom. The van der Waals surface area contributed by atoms with Gasteiger partial charge < -0.3 is 15.4 Å². The van der Waals surface area contributed by atoms with E-state index in [0.29, 0.717) is 37.6 Å². The fraction of sp³-hybridized carbons (Fsp3) is 0.346. The van der Waals surface area contributed by atoms with Gasteiger partial charge >= 0.3 is 0 Å². The minimum absolute atomic E-state index is 0.152. The quantitative estimate of drug-likeness (QED) is 0.602. The van der Waals surface area contributed by atoms with Gasteiger partial charge in [0.15, 0.2) is 0 Å². The predicted octanol–water partition coefficient (Wildman–Crippen LogP) is 4.79. The Kier molecular flexibility index (Phi) is 6.04. The van der Waals surface area contributed by atoms with Gasteiger partial charge in [0.05, 0.1) is 17.2 Å². The topological polar surface area (TPSA) is 81.3 Å². The second-order valence-corrected chi connectivity index (χ2v) is 9.19. The van der Waals surface area contributed by atoms with Crippen LogP contribution in [-0.2, 0) is 14.9 Å². The average molecular weight is 463 g/mol. The summed E-state index contributed by atoms with van der Waals surface area (Å²) in [6.07, 6.45) is 4.86. The van der Waals surface area contributed by atoms with Crippen molar-refractivity contribution in [2.24, 2.45) is 0 Å². The SMILES string of the molecule is Nc1ncc(-c2ccc(Cl)cc2)c(C2CCCN2C(=O)C2(c3ccccc3)CCOCC2)n1. The maximum atomic E-state index is 14.3. The molecule has 0 bridgehead atoms. The Labute approximate surface area is 198 Å². The summed E-state index contributed by atoms with van der Waals surface area (Å²) >= 11 is 6.10. The van der Waals surface area contributed by atoms with Crippen molar-refractivity contribution >= 4 is 23.5 Å². The molecule has 33 heavy (non-hydrogen) atoms. The molecule has 7 heteroatoms. The van der Waals surface area contributed by atoms with Crippen LogP contribution in [0, 0.1) is 0 Å². The molecule has 2 aliphatic rings. The average Bonchev–Trinajstić information content (AvgIpc) is 3.35. The molecule has 0 aliphatic carbocycles. The van der Waals surface area contributed by atoms with E-state index in [1.807, 2.05) is 47.4 Å². The number of amides is 1. The third-order valence-electron chi connectivity index (χ3n) is 6.90. The first-order valence-corrected chi connectivity index (χ1v) is 11.8. The predicted molar refractivity (Wildman–Crippen MR) is 129 cm³/mol. The summed E-state index contributed by atoms with van der Waals surface area (Å²) in [5, 5.41) is 0.665. The summed E-state index contributed by atoms with van der Waals surface area (Å²) in [6.45, 7) is 1.86. The summed E-state index contributed by atoms with van der Waals surface area (Å²) in [7, 11) is 0. The summed E-state index contributed by atoms with van der Waals surface area (Å²) in [5.74, 6) is 0.365. The van der Waals surface area contributed by atoms with E-state index < -0.39 is 5.41 Å². The van der Waals surface area contributed by atoms with Crippen LogP contribution in [0.5, 0.6) is 0 Å². The first-order valence-electron chi connectivity index (χ1n) is 11.4. The maximum Gasteiger partial charge on any atom is 0.233 e. The highest BCUT2D eigenvalue weighted by atomic mass is 35.5. The van der Waals surface area contributed by atoms with Crippen molar-refractivity contribution in [3.05, 3.63) is 77.1 Å². The van der Waals surface area contributed by atoms with Crippen molar-refractivity contribution in [1.29, 1.82) is 0 Å². The second-order valence-electron chi connectivity index (χ2n) is 8.75. The van der Waals surface area contributed by atoms with E-state index in [1.165, 1.54) is 0 Å². The molecule has 0 radical (unpaired) electrons. The molecule has 1 amide bonds. The van der Waals surface area contributed by atoms with E-state index in [0.717, 1.165) is 35.2 Å². The number of carbonyl (C=O) groups is 1. The number of rotatable bonds is 4. The van der Waals surface area contributed by atoms with Crippen molar-refractivity contribution in [1.82, 2.24) is 14.9 Å². The third-order valence-corrected chi connectivity index (χ3v) is 7.16. The number of aromatic nitrogens is 2. The molecule has 170 valence electrons. The smallest absolute Gasteiger partial charge is 0.233 e. The lowest BCUT2D eigenvalue weighted by atomic mass is 9.72. The zero-order valence-corrected chi connectivity index (χ0v) is 19.2. The van der Waals surface area contributed by atoms with Gasteiger partial charge in [-0.05, 0) is 48.9 Å². The number of halogens is 1. The van der Waals surface area contributed by atoms with Crippen LogP contribution in [0.4, 0.5) is 5.95 Å². The highest BCUT2D eigenvalue weighted by molar-refractivity contribution is 6.30. The van der Waals surface area contributed by atoms with Crippen LogP contribution in [0.2, 0.25) is 5.02 Å². The first kappa shape index (κ1) is 21.9. The molecular weight excluding hydrogens is 436 g/mol. The number of nitrogens with two attached hydrogens (primary N) is 1. The molecule has 1 unspecified atom stereocenters. The molecule has 0 saturated carbocycles. The van der Waals surface area contributed by atoms with E-state index in [2.05, 4.69) is 22.1 Å². The molecule has 3 heterocycles. The van der Waals surface area contributed by atoms with Crippen molar-refractivity contribution in [2.45, 2.75) is 37.1 Å². The van der Waals surface area contributed by atoms with Crippen molar-refractivity contribution < 1.29 is 9.53 Å². The lowest BCUT2D eigenvalue weighted by Gasteiger charge is -2.41. The molecule has 6 nitrogen and oxygen atoms in total. The normalized spacial score (nSPS) is 20.0. The summed E-state index contributed by atoms with van der Waals surface area (Å²) in [5.41, 5.74) is 9.13. The molecule has 2 saturated heterocycles. The minimum Gasteiger partial charge on any atom is -0.381 e. The van der Waals surface area contributed by atoms with E-state index >= 15 is 0 Å². The zero-order valence-electron chi connectivity index (χ0n) is 18.4. The lowest BCUT2D eigenvalue weighted by molar-refractivity contribution is -0.142. The Morgan fingerprint density at radius 1 is 1.09 bits per heavy atom. The Bertz CT molecular complexity index is 1130. The molecule has 5 rings (SSSR count). The molecule has 3 aromatic rings. The molecular formula is C26H27ClN4O2. The number of benzene rings is 2. The molecule has 2 N–H and O–H groups in total. The van der Waals surface area contributed by atoms with Crippen molar-refractivity contribution in [3.63, 3.8) is 0 Å². The number of anilines is 1. The largest absolute Gasteiger partial charge is 0.381 e. The van der Waals surface area contributed by atoms with Gasteiger partial charge in [0.25, 0.3) is 0 Å². The number of hydrogen-bond donors (Lipinski definition) is 1. The highest BCUT2D eigenvalue weighted by Gasteiger charge is 2.47. The van der Waals surface area contributed by atoms with Crippen LogP contribution in [0.3, 0.4) is 0 Å². The first-order chi connectivity index (χ1) is 16.1. The molecule has 0 spiro atoms. The van der Waals surface area contributed by atoms with Gasteiger partial charge in [0.1, 0.15) is 0 Å². The van der Waals surface area contributed by atoms with Crippen LogP contribution in [0.15, 0.2) is 60.8 Å². The number of likely N-dealkylation sites (tertiary alicyclic amines) is 1. The van der Waals surface area contributed by atoms with E-state index in [4.69, 9.17) is 22.1 Å². The van der Waals surface area contributed by atoms with Gasteiger partial charge in [-0.3, -0.25) is 4.79 Å². The summed E-state index contributed by atoms with van der Waals surface area (Å²) in [6, 6.07) is 17.6. The maximum absolute atomic E-state index is 14.3. The second kappa shape index (κ2) is 9.12. The van der Waals surface area contributed by atoms with Crippen LogP contribution >= 0.6 is 11.6 Å². The van der Waals surface area contributed by atoms with Gasteiger partial charge in [-0.25, -0.2) is 9.97 Å². The summed E-state index contributed by atoms with van der Waals surface area (Å²) in [4.78, 5) is 25.2. The van der Waals surface area contributed by atoms with Gasteiger partial charge in [-0.1, -0.05) is 54.1 Å². The van der Waals surface area contributed by atoms with E-state index in [9.17, 15) is 4.79 Å². The van der Waals surface area contributed by atoms with Gasteiger partial charge in [-0.15, -0.1) is 0 Å². The molecule has 1 atom stereocenters. The van der Waals surface area contributed by atoms with Crippen molar-refractivity contribution in [3.8, 4) is 11.1 Å². The van der Waals surface area contributed by atoms with Gasteiger partial charge in [0.2, 0.25) is 11.9 Å². The van der Waals surface area contributed by atoms with Crippen LogP contribution in [0.1, 0.15) is 43.0 Å². The Balaban J connectivity index is 1.55. The minimum atomic E-state index is -0.582. The summed E-state index contributed by atoms with van der Waals surface area (Å²) < 4.78 is 5.65. The fourth-order valence-corrected chi connectivity index (χ4v) is 5.31. The number of ether oxygens (including phenoxy) is 1. The number of carbonyl (C=O) groups excluding carboxylic acids is 1. The van der Waals surface area contributed by atoms with Gasteiger partial charge in [0, 0.05) is 36.5 Å². The standard InChI is InChI=1S/C26H27ClN4O2/c27-20-10-8-18(9-11-20)21-17-29-25(28)30-23(21)22-7-4-14-31(22)24(32)26(12-15-33-16-13-26)19-5-2-1-3-6-19/h1-3,5-6,8-11,17,22H,4,7,12-16H2,(H2,28,29,30).